The molecule has 4 heterocycles. The van der Waals surface area contributed by atoms with E-state index in [1.54, 1.807) is 28.8 Å². The topological polar surface area (TPSA) is 68.0 Å². The van der Waals surface area contributed by atoms with E-state index in [4.69, 9.17) is 0 Å². The van der Waals surface area contributed by atoms with Crippen LogP contribution in [0.1, 0.15) is 69.0 Å². The van der Waals surface area contributed by atoms with Crippen molar-refractivity contribution >= 4 is 11.7 Å². The third kappa shape index (κ3) is 3.56. The highest BCUT2D eigenvalue weighted by Crippen LogP contribution is 2.42. The highest BCUT2D eigenvalue weighted by atomic mass is 19.4. The fraction of sp³-hybridized carbons (Fsp3) is 0.650. The Kier molecular flexibility index (Phi) is 5.27. The number of fused-ring (bicyclic) bond motifs is 1. The van der Waals surface area contributed by atoms with Crippen LogP contribution in [0.2, 0.25) is 0 Å². The van der Waals surface area contributed by atoms with Crippen molar-refractivity contribution in [2.45, 2.75) is 76.8 Å². The molecule has 7 nitrogen and oxygen atoms in total. The van der Waals surface area contributed by atoms with Crippen molar-refractivity contribution in [1.82, 2.24) is 24.5 Å². The van der Waals surface area contributed by atoms with E-state index in [9.17, 15) is 18.0 Å². The highest BCUT2D eigenvalue weighted by Gasteiger charge is 2.46. The molecule has 2 aliphatic rings. The minimum Gasteiger partial charge on any atom is -0.367 e. The summed E-state index contributed by atoms with van der Waals surface area (Å²) in [5.74, 6) is 0.280. The Hall–Kier alpha value is -2.52. The summed E-state index contributed by atoms with van der Waals surface area (Å²) in [4.78, 5) is 14.9. The fourth-order valence-electron chi connectivity index (χ4n) is 4.57. The number of likely N-dealkylation sites (tertiary alicyclic amines) is 1. The first-order chi connectivity index (χ1) is 14.2. The molecule has 1 N–H and O–H groups in total. The maximum Gasteiger partial charge on any atom is 0.410 e. The van der Waals surface area contributed by atoms with Crippen molar-refractivity contribution in [2.24, 2.45) is 0 Å². The molecular weight excluding hydrogens is 397 g/mol. The molecule has 4 rings (SSSR count). The second kappa shape index (κ2) is 7.63. The zero-order chi connectivity index (χ0) is 21.6. The third-order valence-electron chi connectivity index (χ3n) is 6.25. The fourth-order valence-corrected chi connectivity index (χ4v) is 4.57. The van der Waals surface area contributed by atoms with Crippen LogP contribution in [0.25, 0.3) is 0 Å². The molecule has 0 bridgehead atoms. The number of nitrogens with one attached hydrogen (secondary N) is 1. The van der Waals surface area contributed by atoms with Crippen LogP contribution in [0, 0.1) is 6.92 Å². The zero-order valence-corrected chi connectivity index (χ0v) is 17.4. The van der Waals surface area contributed by atoms with E-state index < -0.39 is 18.3 Å². The van der Waals surface area contributed by atoms with Crippen molar-refractivity contribution in [2.75, 3.05) is 11.9 Å². The average molecular weight is 424 g/mol. The first kappa shape index (κ1) is 20.7. The van der Waals surface area contributed by atoms with E-state index in [-0.39, 0.29) is 24.4 Å². The molecule has 4 atom stereocenters. The van der Waals surface area contributed by atoms with Crippen LogP contribution in [0.5, 0.6) is 0 Å². The molecule has 0 unspecified atom stereocenters. The number of nitrogens with zero attached hydrogens (tertiary/aromatic N) is 5. The Balaban J connectivity index is 1.62. The van der Waals surface area contributed by atoms with E-state index in [0.717, 1.165) is 16.8 Å². The molecule has 2 aromatic heterocycles. The lowest BCUT2D eigenvalue weighted by Crippen LogP contribution is -2.39. The lowest BCUT2D eigenvalue weighted by Gasteiger charge is -2.32. The molecule has 2 aromatic rings. The predicted molar refractivity (Wildman–Crippen MR) is 105 cm³/mol. The molecule has 164 valence electrons. The van der Waals surface area contributed by atoms with Gasteiger partial charge in [0.05, 0.1) is 11.7 Å². The van der Waals surface area contributed by atoms with E-state index in [0.29, 0.717) is 30.9 Å². The van der Waals surface area contributed by atoms with E-state index in [1.807, 2.05) is 19.9 Å². The van der Waals surface area contributed by atoms with Gasteiger partial charge in [-0.3, -0.25) is 9.48 Å². The molecule has 1 saturated heterocycles. The number of rotatable bonds is 4. The van der Waals surface area contributed by atoms with Crippen molar-refractivity contribution in [3.05, 3.63) is 29.7 Å². The lowest BCUT2D eigenvalue weighted by molar-refractivity contribution is -0.173. The van der Waals surface area contributed by atoms with Gasteiger partial charge in [0.25, 0.3) is 0 Å². The van der Waals surface area contributed by atoms with Crippen LogP contribution in [-0.2, 0) is 4.79 Å². The van der Waals surface area contributed by atoms with Gasteiger partial charge in [-0.05, 0) is 45.6 Å². The number of amides is 1. The number of hydrogen-bond acceptors (Lipinski definition) is 4. The highest BCUT2D eigenvalue weighted by molar-refractivity contribution is 5.80. The Morgan fingerprint density at radius 1 is 1.40 bits per heavy atom. The number of carbonyl (C=O) groups is 1. The van der Waals surface area contributed by atoms with Crippen LogP contribution in [-0.4, -0.2) is 49.1 Å². The van der Waals surface area contributed by atoms with Crippen molar-refractivity contribution in [3.8, 4) is 0 Å². The summed E-state index contributed by atoms with van der Waals surface area (Å²) in [6.45, 7) is 6.11. The summed E-state index contributed by atoms with van der Waals surface area (Å²) in [6.07, 6.45) is -0.696. The average Bonchev–Trinajstić information content (AvgIpc) is 3.43. The van der Waals surface area contributed by atoms with Crippen LogP contribution < -0.4 is 5.32 Å². The second-order valence-corrected chi connectivity index (χ2v) is 8.22. The van der Waals surface area contributed by atoms with Gasteiger partial charge in [-0.25, -0.2) is 4.68 Å². The van der Waals surface area contributed by atoms with Crippen molar-refractivity contribution in [3.63, 3.8) is 0 Å². The molecule has 2 aliphatic heterocycles. The van der Waals surface area contributed by atoms with Crippen molar-refractivity contribution in [1.29, 1.82) is 0 Å². The van der Waals surface area contributed by atoms with Gasteiger partial charge >= 0.3 is 6.18 Å². The molecule has 0 radical (unpaired) electrons. The first-order valence-electron chi connectivity index (χ1n) is 10.4. The van der Waals surface area contributed by atoms with Gasteiger partial charge in [-0.2, -0.15) is 23.4 Å². The van der Waals surface area contributed by atoms with Crippen LogP contribution in [0.4, 0.5) is 19.0 Å². The van der Waals surface area contributed by atoms with Gasteiger partial charge < -0.3 is 10.2 Å². The maximum absolute atomic E-state index is 13.7. The quantitative estimate of drug-likeness (QED) is 0.805. The standard InChI is InChI=1S/C20H27F3N6O/c1-4-14-10-17(20(21,22)23)29-18(25-14)11-15(26-29)16-6-5-9-27(16)19(30)13(3)28-12(2)7-8-24-28/h7-8,11,13-14,16-17,25H,4-6,9-10H2,1-3H3/t13-,14+,16+,17+/m0/s1. The summed E-state index contributed by atoms with van der Waals surface area (Å²) < 4.78 is 43.7. The molecule has 0 aliphatic carbocycles. The minimum atomic E-state index is -4.37. The van der Waals surface area contributed by atoms with Gasteiger partial charge in [0.2, 0.25) is 5.91 Å². The Morgan fingerprint density at radius 2 is 2.17 bits per heavy atom. The van der Waals surface area contributed by atoms with Gasteiger partial charge in [0.1, 0.15) is 11.9 Å². The van der Waals surface area contributed by atoms with E-state index >= 15 is 0 Å². The number of anilines is 1. The Bertz CT molecular complexity index is 920. The number of halogens is 3. The lowest BCUT2D eigenvalue weighted by atomic mass is 10.0. The van der Waals surface area contributed by atoms with Gasteiger partial charge in [0, 0.05) is 30.5 Å². The smallest absolute Gasteiger partial charge is 0.367 e. The van der Waals surface area contributed by atoms with E-state index in [2.05, 4.69) is 15.5 Å². The molecule has 1 amide bonds. The number of aryl methyl sites for hydroxylation is 1. The zero-order valence-electron chi connectivity index (χ0n) is 17.4. The second-order valence-electron chi connectivity index (χ2n) is 8.22. The van der Waals surface area contributed by atoms with Gasteiger partial charge in [-0.1, -0.05) is 6.92 Å². The Morgan fingerprint density at radius 3 is 2.80 bits per heavy atom. The number of hydrogen-bond donors (Lipinski definition) is 1. The molecular formula is C20H27F3N6O. The molecule has 0 aromatic carbocycles. The summed E-state index contributed by atoms with van der Waals surface area (Å²) in [6, 6.07) is 0.803. The number of carbonyl (C=O) groups excluding carboxylic acids is 1. The third-order valence-corrected chi connectivity index (χ3v) is 6.25. The van der Waals surface area contributed by atoms with Crippen LogP contribution >= 0.6 is 0 Å². The molecule has 1 fully saturated rings. The summed E-state index contributed by atoms with van der Waals surface area (Å²) in [5.41, 5.74) is 1.39. The number of aromatic nitrogens is 4. The van der Waals surface area contributed by atoms with Gasteiger partial charge in [0.15, 0.2) is 6.04 Å². The summed E-state index contributed by atoms with van der Waals surface area (Å²) >= 11 is 0. The SMILES string of the molecule is CC[C@@H]1C[C@H](C(F)(F)F)n2nc([C@H]3CCCN3C(=O)[C@H](C)n3nccc3C)cc2N1. The van der Waals surface area contributed by atoms with Crippen LogP contribution in [0.15, 0.2) is 18.3 Å². The van der Waals surface area contributed by atoms with Crippen LogP contribution in [0.3, 0.4) is 0 Å². The van der Waals surface area contributed by atoms with E-state index in [1.165, 1.54) is 0 Å². The van der Waals surface area contributed by atoms with Crippen molar-refractivity contribution < 1.29 is 18.0 Å². The van der Waals surface area contributed by atoms with Gasteiger partial charge in [-0.15, -0.1) is 0 Å². The molecule has 0 spiro atoms. The monoisotopic (exact) mass is 424 g/mol. The maximum atomic E-state index is 13.7. The molecule has 10 heteroatoms. The summed E-state index contributed by atoms with van der Waals surface area (Å²) in [5, 5.41) is 11.7. The molecule has 30 heavy (non-hydrogen) atoms. The predicted octanol–water partition coefficient (Wildman–Crippen LogP) is 4.01. The Labute approximate surface area is 173 Å². The summed E-state index contributed by atoms with van der Waals surface area (Å²) in [7, 11) is 0. The number of alkyl halides is 3. The normalized spacial score (nSPS) is 25.1. The first-order valence-corrected chi connectivity index (χ1v) is 10.4. The molecule has 0 saturated carbocycles. The largest absolute Gasteiger partial charge is 0.410 e. The minimum absolute atomic E-state index is 0.0446.